The third-order valence-electron chi connectivity index (χ3n) is 3.26. The first-order valence-electron chi connectivity index (χ1n) is 7.25. The standard InChI is InChI=1S/C15H17N5OS2/c1-10-8-13-18-19-15(20(13)11(2)17-10)23-9-14(21)16-6-5-12-4-3-7-22-12/h3-4,7-8H,5-6,9H2,1-2H3,(H,16,21). The largest absolute Gasteiger partial charge is 0.355 e. The van der Waals surface area contributed by atoms with E-state index in [2.05, 4.69) is 26.6 Å². The summed E-state index contributed by atoms with van der Waals surface area (Å²) in [5.41, 5.74) is 1.67. The summed E-state index contributed by atoms with van der Waals surface area (Å²) in [5, 5.41) is 13.9. The smallest absolute Gasteiger partial charge is 0.230 e. The molecule has 0 atom stereocenters. The highest BCUT2D eigenvalue weighted by Crippen LogP contribution is 2.18. The highest BCUT2D eigenvalue weighted by Gasteiger charge is 2.11. The second kappa shape index (κ2) is 7.10. The van der Waals surface area contributed by atoms with Gasteiger partial charge in [-0.2, -0.15) is 0 Å². The lowest BCUT2D eigenvalue weighted by Crippen LogP contribution is -2.27. The van der Waals surface area contributed by atoms with Crippen LogP contribution in [0.4, 0.5) is 0 Å². The van der Waals surface area contributed by atoms with E-state index < -0.39 is 0 Å². The maximum absolute atomic E-state index is 11.9. The molecule has 1 amide bonds. The van der Waals surface area contributed by atoms with Crippen molar-refractivity contribution in [2.45, 2.75) is 25.4 Å². The fraction of sp³-hybridized carbons (Fsp3) is 0.333. The molecule has 0 spiro atoms. The number of thiophene rings is 1. The number of carbonyl (C=O) groups excluding carboxylic acids is 1. The van der Waals surface area contributed by atoms with Gasteiger partial charge in [0, 0.05) is 23.2 Å². The number of amides is 1. The maximum Gasteiger partial charge on any atom is 0.230 e. The molecule has 0 aliphatic rings. The van der Waals surface area contributed by atoms with Crippen LogP contribution in [0.25, 0.3) is 5.65 Å². The molecule has 0 radical (unpaired) electrons. The van der Waals surface area contributed by atoms with Crippen LogP contribution in [0.5, 0.6) is 0 Å². The molecule has 6 nitrogen and oxygen atoms in total. The van der Waals surface area contributed by atoms with Crippen LogP contribution in [-0.4, -0.2) is 37.8 Å². The molecule has 0 aromatic carbocycles. The van der Waals surface area contributed by atoms with E-state index in [0.717, 1.165) is 23.6 Å². The van der Waals surface area contributed by atoms with Gasteiger partial charge in [-0.15, -0.1) is 21.5 Å². The van der Waals surface area contributed by atoms with Crippen molar-refractivity contribution in [2.75, 3.05) is 12.3 Å². The predicted octanol–water partition coefficient (Wildman–Crippen LogP) is 2.25. The Bertz CT molecular complexity index is 813. The Morgan fingerprint density at radius 2 is 2.26 bits per heavy atom. The monoisotopic (exact) mass is 347 g/mol. The lowest BCUT2D eigenvalue weighted by molar-refractivity contribution is -0.118. The first-order chi connectivity index (χ1) is 11.1. The zero-order valence-electron chi connectivity index (χ0n) is 12.9. The summed E-state index contributed by atoms with van der Waals surface area (Å²) >= 11 is 3.08. The number of fused-ring (bicyclic) bond motifs is 1. The highest BCUT2D eigenvalue weighted by molar-refractivity contribution is 7.99. The molecule has 3 aromatic heterocycles. The van der Waals surface area contributed by atoms with Crippen molar-refractivity contribution in [3.8, 4) is 0 Å². The molecule has 0 aliphatic carbocycles. The predicted molar refractivity (Wildman–Crippen MR) is 92.0 cm³/mol. The van der Waals surface area contributed by atoms with Crippen LogP contribution in [0.3, 0.4) is 0 Å². The van der Waals surface area contributed by atoms with Crippen molar-refractivity contribution >= 4 is 34.7 Å². The van der Waals surface area contributed by atoms with E-state index >= 15 is 0 Å². The molecule has 0 bridgehead atoms. The third-order valence-corrected chi connectivity index (χ3v) is 5.13. The lowest BCUT2D eigenvalue weighted by Gasteiger charge is -2.05. The molecule has 0 unspecified atom stereocenters. The van der Waals surface area contributed by atoms with Crippen molar-refractivity contribution in [3.05, 3.63) is 40.0 Å². The zero-order chi connectivity index (χ0) is 16.2. The number of thioether (sulfide) groups is 1. The topological polar surface area (TPSA) is 72.2 Å². The van der Waals surface area contributed by atoms with Gasteiger partial charge in [0.05, 0.1) is 5.75 Å². The molecule has 3 aromatic rings. The van der Waals surface area contributed by atoms with Gasteiger partial charge in [-0.05, 0) is 31.7 Å². The van der Waals surface area contributed by atoms with Crippen LogP contribution in [0, 0.1) is 13.8 Å². The molecule has 0 aliphatic heterocycles. The van der Waals surface area contributed by atoms with Crippen molar-refractivity contribution in [1.82, 2.24) is 24.9 Å². The van der Waals surface area contributed by atoms with Gasteiger partial charge in [-0.1, -0.05) is 17.8 Å². The number of aryl methyl sites for hydroxylation is 2. The molecule has 0 saturated carbocycles. The van der Waals surface area contributed by atoms with Gasteiger partial charge in [0.25, 0.3) is 0 Å². The first-order valence-corrected chi connectivity index (χ1v) is 9.11. The number of aromatic nitrogens is 4. The van der Waals surface area contributed by atoms with Crippen LogP contribution in [-0.2, 0) is 11.2 Å². The van der Waals surface area contributed by atoms with E-state index in [-0.39, 0.29) is 5.91 Å². The van der Waals surface area contributed by atoms with Gasteiger partial charge >= 0.3 is 0 Å². The van der Waals surface area contributed by atoms with E-state index in [4.69, 9.17) is 0 Å². The van der Waals surface area contributed by atoms with Gasteiger partial charge in [-0.25, -0.2) is 4.98 Å². The Hall–Kier alpha value is -1.93. The summed E-state index contributed by atoms with van der Waals surface area (Å²) in [6.45, 7) is 4.49. The number of nitrogens with zero attached hydrogens (tertiary/aromatic N) is 4. The summed E-state index contributed by atoms with van der Waals surface area (Å²) in [6.07, 6.45) is 0.865. The molecular formula is C15H17N5OS2. The van der Waals surface area contributed by atoms with E-state index in [1.165, 1.54) is 16.6 Å². The van der Waals surface area contributed by atoms with E-state index in [1.807, 2.05) is 35.8 Å². The number of hydrogen-bond acceptors (Lipinski definition) is 6. The normalized spacial score (nSPS) is 11.0. The first kappa shape index (κ1) is 15.9. The SMILES string of the molecule is Cc1cc2nnc(SCC(=O)NCCc3cccs3)n2c(C)n1. The molecule has 120 valence electrons. The van der Waals surface area contributed by atoms with Crippen molar-refractivity contribution in [1.29, 1.82) is 0 Å². The Morgan fingerprint density at radius 1 is 1.39 bits per heavy atom. The third kappa shape index (κ3) is 3.89. The Morgan fingerprint density at radius 3 is 3.04 bits per heavy atom. The fourth-order valence-corrected chi connectivity index (χ4v) is 3.78. The van der Waals surface area contributed by atoms with Crippen molar-refractivity contribution in [2.24, 2.45) is 0 Å². The van der Waals surface area contributed by atoms with Gasteiger partial charge < -0.3 is 5.32 Å². The Balaban J connectivity index is 1.55. The van der Waals surface area contributed by atoms with Gasteiger partial charge in [0.2, 0.25) is 5.91 Å². The number of nitrogens with one attached hydrogen (secondary N) is 1. The Labute approximate surface area is 142 Å². The van der Waals surface area contributed by atoms with Crippen molar-refractivity contribution in [3.63, 3.8) is 0 Å². The molecule has 0 fully saturated rings. The summed E-state index contributed by atoms with van der Waals surface area (Å²) in [4.78, 5) is 17.6. The van der Waals surface area contributed by atoms with Gasteiger partial charge in [-0.3, -0.25) is 9.20 Å². The molecule has 8 heteroatoms. The van der Waals surface area contributed by atoms with Gasteiger partial charge in [0.15, 0.2) is 10.8 Å². The van der Waals surface area contributed by atoms with Gasteiger partial charge in [0.1, 0.15) is 5.82 Å². The van der Waals surface area contributed by atoms with E-state index in [0.29, 0.717) is 17.5 Å². The quantitative estimate of drug-likeness (QED) is 0.693. The number of carbonyl (C=O) groups is 1. The molecule has 1 N–H and O–H groups in total. The van der Waals surface area contributed by atoms with Crippen LogP contribution in [0.15, 0.2) is 28.7 Å². The zero-order valence-corrected chi connectivity index (χ0v) is 14.6. The minimum absolute atomic E-state index is 0.000954. The summed E-state index contributed by atoms with van der Waals surface area (Å²) in [6, 6.07) is 5.98. The van der Waals surface area contributed by atoms with Crippen LogP contribution in [0.1, 0.15) is 16.4 Å². The summed E-state index contributed by atoms with van der Waals surface area (Å²) < 4.78 is 1.87. The van der Waals surface area contributed by atoms with Crippen LogP contribution in [0.2, 0.25) is 0 Å². The minimum atomic E-state index is 0.000954. The second-order valence-corrected chi connectivity index (χ2v) is 7.06. The van der Waals surface area contributed by atoms with E-state index in [1.54, 1.807) is 11.3 Å². The highest BCUT2D eigenvalue weighted by atomic mass is 32.2. The summed E-state index contributed by atoms with van der Waals surface area (Å²) in [7, 11) is 0. The van der Waals surface area contributed by atoms with Crippen LogP contribution >= 0.6 is 23.1 Å². The number of hydrogen-bond donors (Lipinski definition) is 1. The molecule has 23 heavy (non-hydrogen) atoms. The average molecular weight is 347 g/mol. The van der Waals surface area contributed by atoms with Crippen molar-refractivity contribution < 1.29 is 4.79 Å². The molecule has 0 saturated heterocycles. The average Bonchev–Trinajstić information content (AvgIpc) is 3.14. The minimum Gasteiger partial charge on any atom is -0.355 e. The number of rotatable bonds is 6. The molecule has 3 heterocycles. The Kier molecular flexibility index (Phi) is 4.92. The maximum atomic E-state index is 11.9. The van der Waals surface area contributed by atoms with E-state index in [9.17, 15) is 4.79 Å². The van der Waals surface area contributed by atoms with Crippen LogP contribution < -0.4 is 5.32 Å². The molecule has 3 rings (SSSR count). The lowest BCUT2D eigenvalue weighted by atomic mass is 10.3. The summed E-state index contributed by atoms with van der Waals surface area (Å²) in [5.74, 6) is 1.14. The molecular weight excluding hydrogens is 330 g/mol. The fourth-order valence-electron chi connectivity index (χ4n) is 2.26. The second-order valence-electron chi connectivity index (χ2n) is 5.09.